The predicted molar refractivity (Wildman–Crippen MR) is 64.0 cm³/mol. The van der Waals surface area contributed by atoms with Crippen LogP contribution in [0.5, 0.6) is 0 Å². The highest BCUT2D eigenvalue weighted by molar-refractivity contribution is 5.14. The third-order valence-electron chi connectivity index (χ3n) is 3.34. The predicted octanol–water partition coefficient (Wildman–Crippen LogP) is 1.70. The third-order valence-corrected chi connectivity index (χ3v) is 3.34. The first kappa shape index (κ1) is 11.6. The second kappa shape index (κ2) is 3.29. The van der Waals surface area contributed by atoms with Gasteiger partial charge >= 0.3 is 0 Å². The standard InChI is InChI=1S/C12H22N4/c1-11(2,3)9-14-10(16(5)15-9)12(4,13)8-6-7-8/h8H,6-7,13H2,1-5H3. The molecular weight excluding hydrogens is 200 g/mol. The van der Waals surface area contributed by atoms with Gasteiger partial charge in [-0.3, -0.25) is 4.68 Å². The van der Waals surface area contributed by atoms with Crippen molar-refractivity contribution in [3.63, 3.8) is 0 Å². The normalized spacial score (nSPS) is 20.9. The molecule has 4 nitrogen and oxygen atoms in total. The van der Waals surface area contributed by atoms with Crippen LogP contribution in [-0.4, -0.2) is 14.8 Å². The maximum atomic E-state index is 6.38. The van der Waals surface area contributed by atoms with Gasteiger partial charge in [-0.15, -0.1) is 0 Å². The van der Waals surface area contributed by atoms with Crippen molar-refractivity contribution in [2.45, 2.75) is 51.5 Å². The zero-order valence-electron chi connectivity index (χ0n) is 10.9. The lowest BCUT2D eigenvalue weighted by Crippen LogP contribution is -2.38. The molecule has 1 fully saturated rings. The summed E-state index contributed by atoms with van der Waals surface area (Å²) in [5.74, 6) is 2.37. The van der Waals surface area contributed by atoms with Gasteiger partial charge in [-0.05, 0) is 25.7 Å². The van der Waals surface area contributed by atoms with Crippen molar-refractivity contribution in [3.05, 3.63) is 11.6 Å². The summed E-state index contributed by atoms with van der Waals surface area (Å²) in [5, 5.41) is 4.48. The van der Waals surface area contributed by atoms with Crippen molar-refractivity contribution in [3.8, 4) is 0 Å². The smallest absolute Gasteiger partial charge is 0.156 e. The second-order valence-corrected chi connectivity index (χ2v) is 6.19. The van der Waals surface area contributed by atoms with Gasteiger partial charge in [-0.25, -0.2) is 4.98 Å². The molecule has 0 saturated heterocycles. The average molecular weight is 222 g/mol. The molecule has 1 aliphatic carbocycles. The van der Waals surface area contributed by atoms with E-state index >= 15 is 0 Å². The Kier molecular flexibility index (Phi) is 2.38. The summed E-state index contributed by atoms with van der Waals surface area (Å²) >= 11 is 0. The molecule has 0 radical (unpaired) electrons. The Hall–Kier alpha value is -0.900. The quantitative estimate of drug-likeness (QED) is 0.828. The van der Waals surface area contributed by atoms with Gasteiger partial charge in [-0.1, -0.05) is 20.8 Å². The van der Waals surface area contributed by atoms with Crippen LogP contribution >= 0.6 is 0 Å². The van der Waals surface area contributed by atoms with E-state index in [0.29, 0.717) is 5.92 Å². The van der Waals surface area contributed by atoms with Crippen LogP contribution in [0.15, 0.2) is 0 Å². The minimum atomic E-state index is -0.328. The van der Waals surface area contributed by atoms with Crippen molar-refractivity contribution >= 4 is 0 Å². The second-order valence-electron chi connectivity index (χ2n) is 6.19. The fraction of sp³-hybridized carbons (Fsp3) is 0.833. The topological polar surface area (TPSA) is 56.7 Å². The molecular formula is C12H22N4. The number of nitrogens with two attached hydrogens (primary N) is 1. The number of aromatic nitrogens is 3. The molecule has 1 aliphatic rings. The Morgan fingerprint density at radius 3 is 2.19 bits per heavy atom. The molecule has 0 spiro atoms. The summed E-state index contributed by atoms with van der Waals surface area (Å²) in [5.41, 5.74) is 6.03. The van der Waals surface area contributed by atoms with E-state index in [1.165, 1.54) is 12.8 Å². The summed E-state index contributed by atoms with van der Waals surface area (Å²) in [4.78, 5) is 4.64. The van der Waals surface area contributed by atoms with Crippen molar-refractivity contribution in [1.82, 2.24) is 14.8 Å². The molecule has 1 aromatic rings. The fourth-order valence-electron chi connectivity index (χ4n) is 2.04. The highest BCUT2D eigenvalue weighted by atomic mass is 15.3. The van der Waals surface area contributed by atoms with E-state index < -0.39 is 0 Å². The van der Waals surface area contributed by atoms with Gasteiger partial charge in [0.15, 0.2) is 5.82 Å². The van der Waals surface area contributed by atoms with Gasteiger partial charge in [0.25, 0.3) is 0 Å². The molecule has 0 aliphatic heterocycles. The summed E-state index contributed by atoms with van der Waals surface area (Å²) in [6, 6.07) is 0. The molecule has 1 atom stereocenters. The van der Waals surface area contributed by atoms with E-state index in [4.69, 9.17) is 5.73 Å². The van der Waals surface area contributed by atoms with Crippen molar-refractivity contribution in [2.75, 3.05) is 0 Å². The van der Waals surface area contributed by atoms with Gasteiger partial charge < -0.3 is 5.73 Å². The van der Waals surface area contributed by atoms with Gasteiger partial charge in [0.1, 0.15) is 5.82 Å². The van der Waals surface area contributed by atoms with Gasteiger partial charge in [-0.2, -0.15) is 5.10 Å². The number of rotatable bonds is 2. The van der Waals surface area contributed by atoms with Gasteiger partial charge in [0.2, 0.25) is 0 Å². The average Bonchev–Trinajstić information content (AvgIpc) is 2.88. The molecule has 4 heteroatoms. The Morgan fingerprint density at radius 2 is 1.81 bits per heavy atom. The molecule has 1 aromatic heterocycles. The summed E-state index contributed by atoms with van der Waals surface area (Å²) in [6.45, 7) is 8.44. The molecule has 2 N–H and O–H groups in total. The van der Waals surface area contributed by atoms with E-state index in [1.54, 1.807) is 0 Å². The van der Waals surface area contributed by atoms with E-state index in [-0.39, 0.29) is 11.0 Å². The third kappa shape index (κ3) is 1.86. The summed E-state index contributed by atoms with van der Waals surface area (Å²) in [7, 11) is 1.94. The number of aryl methyl sites for hydroxylation is 1. The monoisotopic (exact) mass is 222 g/mol. The van der Waals surface area contributed by atoms with E-state index in [0.717, 1.165) is 11.6 Å². The first-order valence-electron chi connectivity index (χ1n) is 5.94. The molecule has 0 aromatic carbocycles. The molecule has 0 amide bonds. The number of hydrogen-bond acceptors (Lipinski definition) is 3. The molecule has 0 bridgehead atoms. The minimum absolute atomic E-state index is 0.0182. The van der Waals surface area contributed by atoms with E-state index in [1.807, 2.05) is 11.7 Å². The van der Waals surface area contributed by atoms with Crippen molar-refractivity contribution in [1.29, 1.82) is 0 Å². The van der Waals surface area contributed by atoms with Crippen LogP contribution < -0.4 is 5.73 Å². The Bertz CT molecular complexity index is 394. The molecule has 90 valence electrons. The minimum Gasteiger partial charge on any atom is -0.319 e. The van der Waals surface area contributed by atoms with Crippen LogP contribution in [0, 0.1) is 5.92 Å². The lowest BCUT2D eigenvalue weighted by atomic mass is 9.94. The first-order valence-corrected chi connectivity index (χ1v) is 5.94. The highest BCUT2D eigenvalue weighted by Crippen LogP contribution is 2.43. The van der Waals surface area contributed by atoms with E-state index in [2.05, 4.69) is 37.8 Å². The zero-order chi connectivity index (χ0) is 12.1. The van der Waals surface area contributed by atoms with Gasteiger partial charge in [0.05, 0.1) is 5.54 Å². The van der Waals surface area contributed by atoms with Crippen LogP contribution in [-0.2, 0) is 18.0 Å². The van der Waals surface area contributed by atoms with E-state index in [9.17, 15) is 0 Å². The maximum Gasteiger partial charge on any atom is 0.156 e. The lowest BCUT2D eigenvalue weighted by Gasteiger charge is -2.22. The SMILES string of the molecule is Cn1nc(C(C)(C)C)nc1C(C)(N)C1CC1. The van der Waals surface area contributed by atoms with Crippen LogP contribution in [0.2, 0.25) is 0 Å². The van der Waals surface area contributed by atoms with Crippen LogP contribution in [0.4, 0.5) is 0 Å². The number of nitrogens with zero attached hydrogens (tertiary/aromatic N) is 3. The molecule has 16 heavy (non-hydrogen) atoms. The van der Waals surface area contributed by atoms with Gasteiger partial charge in [0, 0.05) is 12.5 Å². The van der Waals surface area contributed by atoms with Crippen molar-refractivity contribution in [2.24, 2.45) is 18.7 Å². The van der Waals surface area contributed by atoms with Crippen LogP contribution in [0.1, 0.15) is 52.2 Å². The van der Waals surface area contributed by atoms with Crippen LogP contribution in [0.25, 0.3) is 0 Å². The zero-order valence-corrected chi connectivity index (χ0v) is 10.9. The molecule has 1 heterocycles. The largest absolute Gasteiger partial charge is 0.319 e. The maximum absolute atomic E-state index is 6.38. The Labute approximate surface area is 97.2 Å². The number of hydrogen-bond donors (Lipinski definition) is 1. The molecule has 1 unspecified atom stereocenters. The highest BCUT2D eigenvalue weighted by Gasteiger charge is 2.43. The summed E-state index contributed by atoms with van der Waals surface area (Å²) in [6.07, 6.45) is 2.43. The summed E-state index contributed by atoms with van der Waals surface area (Å²) < 4.78 is 1.85. The van der Waals surface area contributed by atoms with Crippen molar-refractivity contribution < 1.29 is 0 Å². The molecule has 2 rings (SSSR count). The lowest BCUT2D eigenvalue weighted by molar-refractivity contribution is 0.382. The fourth-order valence-corrected chi connectivity index (χ4v) is 2.04. The Morgan fingerprint density at radius 1 is 1.25 bits per heavy atom. The Balaban J connectivity index is 2.38. The first-order chi connectivity index (χ1) is 7.23. The van der Waals surface area contributed by atoms with Crippen LogP contribution in [0.3, 0.4) is 0 Å². The molecule has 1 saturated carbocycles.